The molecule has 0 amide bonds. The van der Waals surface area contributed by atoms with Gasteiger partial charge in [-0.1, -0.05) is 24.3 Å². The third kappa shape index (κ3) is 1.62. The summed E-state index contributed by atoms with van der Waals surface area (Å²) in [5.41, 5.74) is 2.49. The average molecular weight is 292 g/mol. The van der Waals surface area contributed by atoms with Crippen molar-refractivity contribution in [1.82, 2.24) is 0 Å². The maximum absolute atomic E-state index is 13.1. The summed E-state index contributed by atoms with van der Waals surface area (Å²) in [7, 11) is 1.62. The Labute approximate surface area is 128 Å². The largest absolute Gasteiger partial charge is 0.497 e. The van der Waals surface area contributed by atoms with Crippen molar-refractivity contribution in [3.8, 4) is 5.75 Å². The van der Waals surface area contributed by atoms with Gasteiger partial charge in [0.25, 0.3) is 0 Å². The molecule has 2 aromatic rings. The summed E-state index contributed by atoms with van der Waals surface area (Å²) >= 11 is 0. The number of methoxy groups -OCH3 is 1. The molecule has 2 aliphatic rings. The van der Waals surface area contributed by atoms with Crippen molar-refractivity contribution in [2.24, 2.45) is 5.41 Å². The Bertz CT molecular complexity index is 806. The van der Waals surface area contributed by atoms with Crippen molar-refractivity contribution < 1.29 is 14.3 Å². The van der Waals surface area contributed by atoms with Crippen LogP contribution in [0.5, 0.6) is 5.75 Å². The van der Waals surface area contributed by atoms with Crippen LogP contribution in [-0.4, -0.2) is 18.7 Å². The van der Waals surface area contributed by atoms with Crippen LogP contribution in [0, 0.1) is 5.41 Å². The zero-order valence-electron chi connectivity index (χ0n) is 12.4. The molecule has 0 aliphatic heterocycles. The lowest BCUT2D eigenvalue weighted by Crippen LogP contribution is -2.41. The van der Waals surface area contributed by atoms with Crippen molar-refractivity contribution in [2.75, 3.05) is 7.11 Å². The summed E-state index contributed by atoms with van der Waals surface area (Å²) in [5.74, 6) is 0.718. The normalized spacial score (nSPS) is 22.6. The molecule has 0 radical (unpaired) electrons. The van der Waals surface area contributed by atoms with E-state index in [0.29, 0.717) is 24.0 Å². The quantitative estimate of drug-likeness (QED) is 0.758. The molecule has 0 saturated heterocycles. The van der Waals surface area contributed by atoms with Gasteiger partial charge in [0, 0.05) is 11.1 Å². The lowest BCUT2D eigenvalue weighted by atomic mass is 9.68. The van der Waals surface area contributed by atoms with Crippen LogP contribution < -0.4 is 4.74 Å². The number of carbonyl (C=O) groups excluding carboxylic acids is 2. The van der Waals surface area contributed by atoms with Crippen molar-refractivity contribution in [3.63, 3.8) is 0 Å². The summed E-state index contributed by atoms with van der Waals surface area (Å²) in [6, 6.07) is 13.1. The van der Waals surface area contributed by atoms with Gasteiger partial charge < -0.3 is 4.74 Å². The minimum absolute atomic E-state index is 0.00503. The molecule has 3 nitrogen and oxygen atoms in total. The first-order valence-electron chi connectivity index (χ1n) is 7.50. The van der Waals surface area contributed by atoms with Crippen LogP contribution in [0.15, 0.2) is 42.5 Å². The zero-order chi connectivity index (χ0) is 15.3. The predicted molar refractivity (Wildman–Crippen MR) is 82.6 cm³/mol. The van der Waals surface area contributed by atoms with Crippen LogP contribution in [0.4, 0.5) is 0 Å². The van der Waals surface area contributed by atoms with Gasteiger partial charge in [-0.15, -0.1) is 0 Å². The van der Waals surface area contributed by atoms with Gasteiger partial charge in [0.15, 0.2) is 11.6 Å². The van der Waals surface area contributed by atoms with E-state index in [1.807, 2.05) is 30.3 Å². The Morgan fingerprint density at radius 3 is 2.41 bits per heavy atom. The van der Waals surface area contributed by atoms with Crippen LogP contribution in [0.3, 0.4) is 0 Å². The maximum Gasteiger partial charge on any atom is 0.177 e. The highest BCUT2D eigenvalue weighted by molar-refractivity contribution is 6.23. The Balaban J connectivity index is 1.80. The average Bonchev–Trinajstić information content (AvgIpc) is 2.85. The Morgan fingerprint density at radius 1 is 0.955 bits per heavy atom. The molecule has 22 heavy (non-hydrogen) atoms. The molecule has 1 atom stereocenters. The molecule has 0 aromatic heterocycles. The third-order valence-corrected chi connectivity index (χ3v) is 5.00. The second-order valence-corrected chi connectivity index (χ2v) is 6.10. The number of fused-ring (bicyclic) bond motifs is 2. The molecule has 0 fully saturated rings. The summed E-state index contributed by atoms with van der Waals surface area (Å²) in [5, 5.41) is 0. The van der Waals surface area contributed by atoms with Crippen LogP contribution >= 0.6 is 0 Å². The van der Waals surface area contributed by atoms with E-state index in [-0.39, 0.29) is 11.6 Å². The molecular weight excluding hydrogens is 276 g/mol. The van der Waals surface area contributed by atoms with Crippen LogP contribution in [0.2, 0.25) is 0 Å². The van der Waals surface area contributed by atoms with Crippen molar-refractivity contribution >= 4 is 11.6 Å². The molecule has 4 rings (SSSR count). The van der Waals surface area contributed by atoms with E-state index in [0.717, 1.165) is 23.3 Å². The lowest BCUT2D eigenvalue weighted by Gasteiger charge is -2.31. The van der Waals surface area contributed by atoms with Crippen molar-refractivity contribution in [3.05, 3.63) is 64.7 Å². The van der Waals surface area contributed by atoms with Crippen molar-refractivity contribution in [1.29, 1.82) is 0 Å². The third-order valence-electron chi connectivity index (χ3n) is 5.00. The number of benzene rings is 2. The second-order valence-electron chi connectivity index (χ2n) is 6.10. The highest BCUT2D eigenvalue weighted by Gasteiger charge is 2.52. The van der Waals surface area contributed by atoms with E-state index < -0.39 is 5.41 Å². The van der Waals surface area contributed by atoms with Crippen molar-refractivity contribution in [2.45, 2.75) is 19.3 Å². The monoisotopic (exact) mass is 292 g/mol. The molecule has 2 aliphatic carbocycles. The fourth-order valence-corrected chi connectivity index (χ4v) is 3.79. The number of carbonyl (C=O) groups is 2. The first-order chi connectivity index (χ1) is 10.7. The Kier molecular flexibility index (Phi) is 2.73. The lowest BCUT2D eigenvalue weighted by molar-refractivity contribution is 0.0655. The van der Waals surface area contributed by atoms with Crippen LogP contribution in [0.25, 0.3) is 0 Å². The number of ketones is 2. The number of rotatable bonds is 1. The van der Waals surface area contributed by atoms with E-state index in [1.54, 1.807) is 19.2 Å². The van der Waals surface area contributed by atoms with E-state index >= 15 is 0 Å². The van der Waals surface area contributed by atoms with E-state index in [9.17, 15) is 9.59 Å². The minimum Gasteiger partial charge on any atom is -0.497 e. The molecule has 3 heteroatoms. The Hall–Kier alpha value is -2.42. The topological polar surface area (TPSA) is 43.4 Å². The fraction of sp³-hybridized carbons (Fsp3) is 0.263. The summed E-state index contributed by atoms with van der Waals surface area (Å²) in [6.07, 6.45) is 1.85. The number of ether oxygens (including phenoxy) is 1. The molecule has 110 valence electrons. The summed E-state index contributed by atoms with van der Waals surface area (Å²) in [6.45, 7) is 0. The molecule has 0 unspecified atom stereocenters. The number of Topliss-reactive ketones (excluding diaryl/α,β-unsaturated/α-hetero) is 2. The molecule has 0 heterocycles. The van der Waals surface area contributed by atoms with Gasteiger partial charge in [0.05, 0.1) is 7.11 Å². The highest BCUT2D eigenvalue weighted by Crippen LogP contribution is 2.46. The molecule has 0 bridgehead atoms. The highest BCUT2D eigenvalue weighted by atomic mass is 16.5. The van der Waals surface area contributed by atoms with Gasteiger partial charge in [-0.3, -0.25) is 9.59 Å². The summed E-state index contributed by atoms with van der Waals surface area (Å²) in [4.78, 5) is 25.9. The first-order valence-corrected chi connectivity index (χ1v) is 7.50. The zero-order valence-corrected chi connectivity index (χ0v) is 12.4. The van der Waals surface area contributed by atoms with Gasteiger partial charge in [0.2, 0.25) is 0 Å². The van der Waals surface area contributed by atoms with Gasteiger partial charge >= 0.3 is 0 Å². The molecule has 0 saturated carbocycles. The number of aryl methyl sites for hydroxylation is 1. The molecule has 2 aromatic carbocycles. The summed E-state index contributed by atoms with van der Waals surface area (Å²) < 4.78 is 5.23. The number of hydrogen-bond acceptors (Lipinski definition) is 3. The molecule has 0 N–H and O–H groups in total. The minimum atomic E-state index is -0.884. The Morgan fingerprint density at radius 2 is 1.68 bits per heavy atom. The van der Waals surface area contributed by atoms with Crippen LogP contribution in [0.1, 0.15) is 38.3 Å². The molecular formula is C19H16O3. The smallest absolute Gasteiger partial charge is 0.177 e. The van der Waals surface area contributed by atoms with Gasteiger partial charge in [0.1, 0.15) is 11.2 Å². The second kappa shape index (κ2) is 4.54. The number of hydrogen-bond donors (Lipinski definition) is 0. The van der Waals surface area contributed by atoms with E-state index in [4.69, 9.17) is 4.74 Å². The molecule has 1 spiro atoms. The van der Waals surface area contributed by atoms with Crippen LogP contribution in [-0.2, 0) is 12.8 Å². The first kappa shape index (κ1) is 13.3. The van der Waals surface area contributed by atoms with E-state index in [1.165, 1.54) is 0 Å². The predicted octanol–water partition coefficient (Wildman–Crippen LogP) is 3.25. The fourth-order valence-electron chi connectivity index (χ4n) is 3.79. The SMILES string of the molecule is COc1ccc2c(c1)CC[C@@]1(Cc3ccccc3C1=O)C2=O. The van der Waals surface area contributed by atoms with E-state index in [2.05, 4.69) is 0 Å². The standard InChI is InChI=1S/C19H16O3/c1-22-14-6-7-16-12(10-14)8-9-19(18(16)21)11-13-4-2-3-5-15(13)17(19)20/h2-7,10H,8-9,11H2,1H3/t19-/m0/s1. The van der Waals surface area contributed by atoms with Gasteiger partial charge in [-0.25, -0.2) is 0 Å². The maximum atomic E-state index is 13.1. The van der Waals surface area contributed by atoms with Gasteiger partial charge in [-0.2, -0.15) is 0 Å². The van der Waals surface area contributed by atoms with Gasteiger partial charge in [-0.05, 0) is 48.6 Å².